The lowest BCUT2D eigenvalue weighted by molar-refractivity contribution is -0.140. The maximum Gasteiger partial charge on any atom is 0.243 e. The maximum absolute atomic E-state index is 13.5. The average molecular weight is 462 g/mol. The fourth-order valence-electron chi connectivity index (χ4n) is 5.58. The summed E-state index contributed by atoms with van der Waals surface area (Å²) in [6.07, 6.45) is 4.62. The predicted octanol–water partition coefficient (Wildman–Crippen LogP) is 1.73. The van der Waals surface area contributed by atoms with Gasteiger partial charge in [-0.15, -0.1) is 0 Å². The molecule has 3 amide bonds. The number of likely N-dealkylation sites (tertiary alicyclic amines) is 1. The first-order valence-corrected chi connectivity index (χ1v) is 11.6. The minimum absolute atomic E-state index is 0.0410. The van der Waals surface area contributed by atoms with E-state index in [9.17, 15) is 28.0 Å². The molecule has 2 saturated heterocycles. The molecule has 1 aromatic rings. The van der Waals surface area contributed by atoms with Gasteiger partial charge in [-0.2, -0.15) is 0 Å². The number of aryl methyl sites for hydroxylation is 1. The van der Waals surface area contributed by atoms with Gasteiger partial charge in [0, 0.05) is 25.4 Å². The van der Waals surface area contributed by atoms with Crippen LogP contribution in [0, 0.1) is 29.4 Å². The van der Waals surface area contributed by atoms with Gasteiger partial charge in [0.2, 0.25) is 17.7 Å². The van der Waals surface area contributed by atoms with Gasteiger partial charge in [-0.3, -0.25) is 14.4 Å². The first-order valence-electron chi connectivity index (χ1n) is 11.6. The Balaban J connectivity index is 1.41. The van der Waals surface area contributed by atoms with Crippen LogP contribution in [-0.2, 0) is 25.6 Å². The van der Waals surface area contributed by atoms with Crippen LogP contribution < -0.4 is 10.6 Å². The highest BCUT2D eigenvalue weighted by Gasteiger charge is 2.49. The number of carbonyl (C=O) groups is 4. The molecule has 178 valence electrons. The second-order valence-corrected chi connectivity index (χ2v) is 9.36. The Bertz CT molecular complexity index is 940. The highest BCUT2D eigenvalue weighted by Crippen LogP contribution is 2.42. The van der Waals surface area contributed by atoms with E-state index in [-0.39, 0.29) is 54.7 Å². The van der Waals surface area contributed by atoms with E-state index in [1.165, 1.54) is 6.07 Å². The molecule has 1 saturated carbocycles. The molecule has 3 fully saturated rings. The van der Waals surface area contributed by atoms with Gasteiger partial charge in [0.1, 0.15) is 12.3 Å². The monoisotopic (exact) mass is 461 g/mol. The summed E-state index contributed by atoms with van der Waals surface area (Å²) in [6.45, 7) is 1.05. The van der Waals surface area contributed by atoms with Gasteiger partial charge in [-0.1, -0.05) is 12.5 Å². The summed E-state index contributed by atoms with van der Waals surface area (Å²) in [7, 11) is 0. The number of benzene rings is 1. The second kappa shape index (κ2) is 9.97. The summed E-state index contributed by atoms with van der Waals surface area (Å²) in [5, 5.41) is 5.50. The van der Waals surface area contributed by atoms with Crippen LogP contribution in [0.4, 0.5) is 8.78 Å². The number of rotatable bonds is 8. The van der Waals surface area contributed by atoms with Crippen molar-refractivity contribution in [1.29, 1.82) is 0 Å². The number of carbonyl (C=O) groups excluding carboxylic acids is 4. The van der Waals surface area contributed by atoms with Crippen LogP contribution in [0.3, 0.4) is 0 Å². The van der Waals surface area contributed by atoms with Gasteiger partial charge in [0.25, 0.3) is 0 Å². The number of nitrogens with zero attached hydrogens (tertiary/aromatic N) is 1. The molecular weight excluding hydrogens is 432 g/mol. The first-order chi connectivity index (χ1) is 15.9. The van der Waals surface area contributed by atoms with Crippen LogP contribution in [-0.4, -0.2) is 54.1 Å². The lowest BCUT2D eigenvalue weighted by atomic mass is 9.92. The number of fused-ring (bicyclic) bond motifs is 1. The van der Waals surface area contributed by atoms with E-state index in [0.717, 1.165) is 31.4 Å². The van der Waals surface area contributed by atoms with Crippen LogP contribution in [0.2, 0.25) is 0 Å². The van der Waals surface area contributed by atoms with Crippen molar-refractivity contribution in [2.75, 3.05) is 13.1 Å². The zero-order valence-corrected chi connectivity index (χ0v) is 18.4. The third-order valence-corrected chi connectivity index (χ3v) is 7.28. The largest absolute Gasteiger partial charge is 0.356 e. The van der Waals surface area contributed by atoms with Crippen molar-refractivity contribution in [2.24, 2.45) is 17.8 Å². The van der Waals surface area contributed by atoms with Crippen molar-refractivity contribution in [3.05, 3.63) is 35.4 Å². The molecule has 4 rings (SSSR count). The van der Waals surface area contributed by atoms with Gasteiger partial charge in [0.15, 0.2) is 11.6 Å². The SMILES string of the molecule is O=C[C@H](C[C@@H]1CCNC1=O)NC(=O)C1[C@@H]2CCC[C@H]2CN1C(=O)CCc1ccc(F)c(F)c1. The zero-order valence-electron chi connectivity index (χ0n) is 18.4. The zero-order chi connectivity index (χ0) is 23.5. The number of aldehydes is 1. The molecule has 2 N–H and O–H groups in total. The summed E-state index contributed by atoms with van der Waals surface area (Å²) in [5.41, 5.74) is 0.513. The Morgan fingerprint density at radius 3 is 2.73 bits per heavy atom. The van der Waals surface area contributed by atoms with E-state index in [1.807, 2.05) is 0 Å². The number of nitrogens with one attached hydrogen (secondary N) is 2. The van der Waals surface area contributed by atoms with E-state index < -0.39 is 23.7 Å². The maximum atomic E-state index is 13.5. The molecule has 0 spiro atoms. The number of hydrogen-bond donors (Lipinski definition) is 2. The smallest absolute Gasteiger partial charge is 0.243 e. The van der Waals surface area contributed by atoms with Crippen LogP contribution >= 0.6 is 0 Å². The summed E-state index contributed by atoms with van der Waals surface area (Å²) in [4.78, 5) is 51.3. The van der Waals surface area contributed by atoms with E-state index in [2.05, 4.69) is 10.6 Å². The summed E-state index contributed by atoms with van der Waals surface area (Å²) in [6, 6.07) is 2.12. The molecule has 0 aromatic heterocycles. The minimum atomic E-state index is -0.955. The fourth-order valence-corrected chi connectivity index (χ4v) is 5.58. The average Bonchev–Trinajstić information content (AvgIpc) is 3.50. The molecule has 0 bridgehead atoms. The number of halogens is 2. The van der Waals surface area contributed by atoms with E-state index in [1.54, 1.807) is 4.90 Å². The Kier molecular flexibility index (Phi) is 7.05. The van der Waals surface area contributed by atoms with Crippen LogP contribution in [0.15, 0.2) is 18.2 Å². The van der Waals surface area contributed by atoms with E-state index in [4.69, 9.17) is 0 Å². The first kappa shape index (κ1) is 23.3. The molecule has 7 nitrogen and oxygen atoms in total. The standard InChI is InChI=1S/C24H29F2N3O4/c25-19-6-4-14(10-20(19)26)5-7-21(31)29-12-16-2-1-3-18(16)22(29)24(33)28-17(13-30)11-15-8-9-27-23(15)32/h4,6,10,13,15-18,22H,1-3,5,7-9,11-12H2,(H,27,32)(H,28,33)/t15-,16-,17-,18+,22?/m0/s1. The molecule has 9 heteroatoms. The van der Waals surface area contributed by atoms with Gasteiger partial charge in [-0.25, -0.2) is 8.78 Å². The van der Waals surface area contributed by atoms with Crippen molar-refractivity contribution in [3.63, 3.8) is 0 Å². The lowest BCUT2D eigenvalue weighted by Crippen LogP contribution is -2.52. The highest BCUT2D eigenvalue weighted by molar-refractivity contribution is 5.90. The topological polar surface area (TPSA) is 95.6 Å². The summed E-state index contributed by atoms with van der Waals surface area (Å²) >= 11 is 0. The Morgan fingerprint density at radius 1 is 1.21 bits per heavy atom. The van der Waals surface area contributed by atoms with Gasteiger partial charge in [0.05, 0.1) is 6.04 Å². The van der Waals surface area contributed by atoms with Crippen molar-refractivity contribution >= 4 is 24.0 Å². The van der Waals surface area contributed by atoms with E-state index >= 15 is 0 Å². The van der Waals surface area contributed by atoms with Gasteiger partial charge in [-0.05, 0) is 61.6 Å². The van der Waals surface area contributed by atoms with Gasteiger partial charge < -0.3 is 20.3 Å². The van der Waals surface area contributed by atoms with Crippen molar-refractivity contribution in [2.45, 2.75) is 57.0 Å². The van der Waals surface area contributed by atoms with Crippen molar-refractivity contribution in [3.8, 4) is 0 Å². The number of hydrogen-bond acceptors (Lipinski definition) is 4. The molecule has 1 unspecified atom stereocenters. The highest BCUT2D eigenvalue weighted by atomic mass is 19.2. The van der Waals surface area contributed by atoms with Crippen LogP contribution in [0.1, 0.15) is 44.1 Å². The second-order valence-electron chi connectivity index (χ2n) is 9.36. The molecule has 5 atom stereocenters. The van der Waals surface area contributed by atoms with Crippen molar-refractivity contribution < 1.29 is 28.0 Å². The molecule has 3 aliphatic rings. The van der Waals surface area contributed by atoms with Crippen LogP contribution in [0.5, 0.6) is 0 Å². The molecule has 33 heavy (non-hydrogen) atoms. The molecule has 1 aromatic carbocycles. The molecule has 1 aliphatic carbocycles. The fraction of sp³-hybridized carbons (Fsp3) is 0.583. The predicted molar refractivity (Wildman–Crippen MR) is 115 cm³/mol. The molecular formula is C24H29F2N3O4. The molecule has 0 radical (unpaired) electrons. The normalized spacial score (nSPS) is 27.2. The minimum Gasteiger partial charge on any atom is -0.356 e. The molecule has 2 heterocycles. The van der Waals surface area contributed by atoms with Crippen LogP contribution in [0.25, 0.3) is 0 Å². The Hall–Kier alpha value is -2.84. The third-order valence-electron chi connectivity index (χ3n) is 7.28. The Labute approximate surface area is 191 Å². The third kappa shape index (κ3) is 5.07. The van der Waals surface area contributed by atoms with Gasteiger partial charge >= 0.3 is 0 Å². The quantitative estimate of drug-likeness (QED) is 0.577. The van der Waals surface area contributed by atoms with Crippen molar-refractivity contribution in [1.82, 2.24) is 15.5 Å². The lowest BCUT2D eigenvalue weighted by Gasteiger charge is -2.28. The van der Waals surface area contributed by atoms with E-state index in [0.29, 0.717) is 31.4 Å². The number of amides is 3. The summed E-state index contributed by atoms with van der Waals surface area (Å²) in [5.74, 6) is -2.60. The molecule has 2 aliphatic heterocycles. The summed E-state index contributed by atoms with van der Waals surface area (Å²) < 4.78 is 26.6. The Morgan fingerprint density at radius 2 is 2.03 bits per heavy atom.